The zero-order valence-corrected chi connectivity index (χ0v) is 11.4. The van der Waals surface area contributed by atoms with E-state index in [0.29, 0.717) is 6.54 Å². The number of hydrogen-bond donors (Lipinski definition) is 2. The SMILES string of the molecule is O=C(NCCC1CCCCC1)NCc1ccncc1. The van der Waals surface area contributed by atoms with Crippen LogP contribution in [0.5, 0.6) is 0 Å². The molecule has 0 saturated heterocycles. The van der Waals surface area contributed by atoms with E-state index in [4.69, 9.17) is 0 Å². The molecule has 1 aromatic rings. The van der Waals surface area contributed by atoms with Crippen molar-refractivity contribution in [2.24, 2.45) is 5.92 Å². The minimum Gasteiger partial charge on any atom is -0.338 e. The van der Waals surface area contributed by atoms with Crippen LogP contribution in [0.2, 0.25) is 0 Å². The number of carbonyl (C=O) groups is 1. The van der Waals surface area contributed by atoms with Crippen LogP contribution in [-0.4, -0.2) is 17.6 Å². The molecule has 0 spiro atoms. The molecule has 0 radical (unpaired) electrons. The molecule has 0 aliphatic heterocycles. The highest BCUT2D eigenvalue weighted by Crippen LogP contribution is 2.25. The van der Waals surface area contributed by atoms with Crippen LogP contribution in [-0.2, 0) is 6.54 Å². The summed E-state index contributed by atoms with van der Waals surface area (Å²) >= 11 is 0. The molecule has 2 rings (SSSR count). The van der Waals surface area contributed by atoms with Crippen molar-refractivity contribution in [3.05, 3.63) is 30.1 Å². The Balaban J connectivity index is 1.57. The molecule has 0 unspecified atom stereocenters. The summed E-state index contributed by atoms with van der Waals surface area (Å²) in [5.41, 5.74) is 1.07. The molecule has 1 fully saturated rings. The van der Waals surface area contributed by atoms with Crippen molar-refractivity contribution in [1.29, 1.82) is 0 Å². The van der Waals surface area contributed by atoms with Crippen molar-refractivity contribution in [1.82, 2.24) is 15.6 Å². The molecule has 4 nitrogen and oxygen atoms in total. The molecule has 19 heavy (non-hydrogen) atoms. The van der Waals surface area contributed by atoms with E-state index in [-0.39, 0.29) is 6.03 Å². The molecule has 2 amide bonds. The van der Waals surface area contributed by atoms with Gasteiger partial charge in [-0.15, -0.1) is 0 Å². The first-order valence-electron chi connectivity index (χ1n) is 7.25. The van der Waals surface area contributed by atoms with Crippen molar-refractivity contribution < 1.29 is 4.79 Å². The maximum Gasteiger partial charge on any atom is 0.315 e. The first-order valence-corrected chi connectivity index (χ1v) is 7.25. The number of amides is 2. The van der Waals surface area contributed by atoms with Gasteiger partial charge in [-0.1, -0.05) is 32.1 Å². The Hall–Kier alpha value is -1.58. The number of rotatable bonds is 5. The Morgan fingerprint density at radius 1 is 1.16 bits per heavy atom. The summed E-state index contributed by atoms with van der Waals surface area (Å²) in [4.78, 5) is 15.6. The second kappa shape index (κ2) is 7.77. The molecule has 1 aliphatic carbocycles. The number of urea groups is 1. The fourth-order valence-electron chi connectivity index (χ4n) is 2.61. The van der Waals surface area contributed by atoms with Gasteiger partial charge < -0.3 is 10.6 Å². The Labute approximate surface area is 115 Å². The lowest BCUT2D eigenvalue weighted by atomic mass is 9.87. The molecule has 1 saturated carbocycles. The van der Waals surface area contributed by atoms with E-state index in [0.717, 1.165) is 24.4 Å². The van der Waals surface area contributed by atoms with Gasteiger partial charge in [0.1, 0.15) is 0 Å². The van der Waals surface area contributed by atoms with Gasteiger partial charge in [0.05, 0.1) is 0 Å². The average molecular weight is 261 g/mol. The van der Waals surface area contributed by atoms with E-state index in [1.54, 1.807) is 12.4 Å². The van der Waals surface area contributed by atoms with Crippen molar-refractivity contribution in [3.63, 3.8) is 0 Å². The average Bonchev–Trinajstić information content (AvgIpc) is 2.47. The number of nitrogens with zero attached hydrogens (tertiary/aromatic N) is 1. The number of nitrogens with one attached hydrogen (secondary N) is 2. The summed E-state index contributed by atoms with van der Waals surface area (Å²) in [7, 11) is 0. The number of carbonyl (C=O) groups excluding carboxylic acids is 1. The Kier molecular flexibility index (Phi) is 5.66. The summed E-state index contributed by atoms with van der Waals surface area (Å²) in [6.45, 7) is 1.34. The third kappa shape index (κ3) is 5.28. The maximum absolute atomic E-state index is 11.6. The highest BCUT2D eigenvalue weighted by atomic mass is 16.2. The normalized spacial score (nSPS) is 16.0. The van der Waals surface area contributed by atoms with Gasteiger partial charge in [-0.2, -0.15) is 0 Å². The first kappa shape index (κ1) is 13.8. The third-order valence-electron chi connectivity index (χ3n) is 3.77. The second-order valence-corrected chi connectivity index (χ2v) is 5.26. The van der Waals surface area contributed by atoms with Crippen LogP contribution < -0.4 is 10.6 Å². The molecule has 0 atom stereocenters. The maximum atomic E-state index is 11.6. The van der Waals surface area contributed by atoms with Crippen molar-refractivity contribution in [2.45, 2.75) is 45.1 Å². The van der Waals surface area contributed by atoms with E-state index in [9.17, 15) is 4.79 Å². The number of aromatic nitrogens is 1. The molecular formula is C15H23N3O. The molecule has 1 aromatic heterocycles. The summed E-state index contributed by atoms with van der Waals surface area (Å²) in [6, 6.07) is 3.73. The molecular weight excluding hydrogens is 238 g/mol. The minimum atomic E-state index is -0.0763. The van der Waals surface area contributed by atoms with Crippen molar-refractivity contribution >= 4 is 6.03 Å². The lowest BCUT2D eigenvalue weighted by molar-refractivity contribution is 0.238. The third-order valence-corrected chi connectivity index (χ3v) is 3.77. The fraction of sp³-hybridized carbons (Fsp3) is 0.600. The molecule has 0 bridgehead atoms. The zero-order valence-electron chi connectivity index (χ0n) is 11.4. The summed E-state index contributed by atoms with van der Waals surface area (Å²) in [6.07, 6.45) is 11.4. The van der Waals surface area contributed by atoms with Crippen LogP contribution in [0.3, 0.4) is 0 Å². The molecule has 1 heterocycles. The Morgan fingerprint density at radius 2 is 1.89 bits per heavy atom. The quantitative estimate of drug-likeness (QED) is 0.856. The van der Waals surface area contributed by atoms with Gasteiger partial charge in [-0.05, 0) is 30.0 Å². The standard InChI is InChI=1S/C15H23N3O/c19-15(18-12-14-6-9-16-10-7-14)17-11-8-13-4-2-1-3-5-13/h6-7,9-10,13H,1-5,8,11-12H2,(H2,17,18,19). The van der Waals surface area contributed by atoms with Crippen LogP contribution in [0.15, 0.2) is 24.5 Å². The van der Waals surface area contributed by atoms with Crippen LogP contribution in [0.1, 0.15) is 44.1 Å². The molecule has 104 valence electrons. The van der Waals surface area contributed by atoms with Crippen LogP contribution in [0, 0.1) is 5.92 Å². The van der Waals surface area contributed by atoms with Gasteiger partial charge in [0.2, 0.25) is 0 Å². The number of hydrogen-bond acceptors (Lipinski definition) is 2. The smallest absolute Gasteiger partial charge is 0.315 e. The van der Waals surface area contributed by atoms with Crippen LogP contribution in [0.25, 0.3) is 0 Å². The van der Waals surface area contributed by atoms with Gasteiger partial charge in [0.15, 0.2) is 0 Å². The van der Waals surface area contributed by atoms with Gasteiger partial charge >= 0.3 is 6.03 Å². The zero-order chi connectivity index (χ0) is 13.3. The first-order chi connectivity index (χ1) is 9.34. The summed E-state index contributed by atoms with van der Waals surface area (Å²) in [5.74, 6) is 0.814. The molecule has 0 aromatic carbocycles. The van der Waals surface area contributed by atoms with Gasteiger partial charge in [0.25, 0.3) is 0 Å². The lowest BCUT2D eigenvalue weighted by Crippen LogP contribution is -2.36. The molecule has 4 heteroatoms. The lowest BCUT2D eigenvalue weighted by Gasteiger charge is -2.21. The predicted octanol–water partition coefficient (Wildman–Crippen LogP) is 2.85. The molecule has 1 aliphatic rings. The highest BCUT2D eigenvalue weighted by molar-refractivity contribution is 5.73. The van der Waals surface area contributed by atoms with E-state index in [2.05, 4.69) is 15.6 Å². The minimum absolute atomic E-state index is 0.0763. The van der Waals surface area contributed by atoms with E-state index >= 15 is 0 Å². The molecule has 2 N–H and O–H groups in total. The van der Waals surface area contributed by atoms with Crippen molar-refractivity contribution in [3.8, 4) is 0 Å². The number of pyridine rings is 1. The summed E-state index contributed by atoms with van der Waals surface area (Å²) in [5, 5.41) is 5.79. The Morgan fingerprint density at radius 3 is 2.63 bits per heavy atom. The van der Waals surface area contributed by atoms with E-state index in [1.807, 2.05) is 12.1 Å². The van der Waals surface area contributed by atoms with Gasteiger partial charge in [-0.3, -0.25) is 4.98 Å². The van der Waals surface area contributed by atoms with Crippen molar-refractivity contribution in [2.75, 3.05) is 6.54 Å². The summed E-state index contributed by atoms with van der Waals surface area (Å²) < 4.78 is 0. The van der Waals surface area contributed by atoms with E-state index < -0.39 is 0 Å². The van der Waals surface area contributed by atoms with Crippen LogP contribution >= 0.6 is 0 Å². The predicted molar refractivity (Wildman–Crippen MR) is 75.7 cm³/mol. The van der Waals surface area contributed by atoms with Gasteiger partial charge in [0, 0.05) is 25.5 Å². The van der Waals surface area contributed by atoms with Gasteiger partial charge in [-0.25, -0.2) is 4.79 Å². The monoisotopic (exact) mass is 261 g/mol. The van der Waals surface area contributed by atoms with Crippen LogP contribution in [0.4, 0.5) is 4.79 Å². The Bertz CT molecular complexity index is 374. The highest BCUT2D eigenvalue weighted by Gasteiger charge is 2.13. The second-order valence-electron chi connectivity index (χ2n) is 5.26. The van der Waals surface area contributed by atoms with E-state index in [1.165, 1.54) is 32.1 Å². The topological polar surface area (TPSA) is 54.0 Å². The fourth-order valence-corrected chi connectivity index (χ4v) is 2.61. The largest absolute Gasteiger partial charge is 0.338 e.